The molecule has 0 amide bonds. The Morgan fingerprint density at radius 1 is 1.20 bits per heavy atom. The Hall–Kier alpha value is -1.02. The Labute approximate surface area is 122 Å². The molecule has 1 N–H and O–H groups in total. The van der Waals surface area contributed by atoms with Gasteiger partial charge in [0.1, 0.15) is 11.9 Å². The summed E-state index contributed by atoms with van der Waals surface area (Å²) in [4.78, 5) is 0. The van der Waals surface area contributed by atoms with Crippen LogP contribution in [0.15, 0.2) is 18.2 Å². The van der Waals surface area contributed by atoms with Crippen molar-refractivity contribution in [3.63, 3.8) is 0 Å². The van der Waals surface area contributed by atoms with Crippen molar-refractivity contribution < 1.29 is 4.74 Å². The van der Waals surface area contributed by atoms with Gasteiger partial charge in [0.25, 0.3) is 0 Å². The Morgan fingerprint density at radius 2 is 2.05 bits per heavy atom. The Bertz CT molecular complexity index is 457. The zero-order valence-electron chi connectivity index (χ0n) is 12.8. The minimum Gasteiger partial charge on any atom is -0.490 e. The van der Waals surface area contributed by atoms with Crippen LogP contribution >= 0.6 is 0 Å². The first-order valence-electron chi connectivity index (χ1n) is 8.19. The maximum atomic E-state index is 6.17. The number of ether oxygens (including phenoxy) is 1. The molecule has 0 radical (unpaired) electrons. The fourth-order valence-corrected chi connectivity index (χ4v) is 3.96. The molecule has 2 heteroatoms. The van der Waals surface area contributed by atoms with E-state index in [1.165, 1.54) is 49.7 Å². The zero-order valence-corrected chi connectivity index (χ0v) is 12.8. The van der Waals surface area contributed by atoms with E-state index in [1.807, 2.05) is 0 Å². The third-order valence-electron chi connectivity index (χ3n) is 5.05. The topological polar surface area (TPSA) is 21.3 Å². The van der Waals surface area contributed by atoms with E-state index in [4.69, 9.17) is 4.74 Å². The zero-order chi connectivity index (χ0) is 13.9. The molecule has 3 unspecified atom stereocenters. The van der Waals surface area contributed by atoms with E-state index < -0.39 is 0 Å². The lowest BCUT2D eigenvalue weighted by atomic mass is 9.88. The van der Waals surface area contributed by atoms with Gasteiger partial charge in [-0.1, -0.05) is 37.0 Å². The van der Waals surface area contributed by atoms with Crippen molar-refractivity contribution in [2.24, 2.45) is 5.92 Å². The molecule has 0 saturated heterocycles. The van der Waals surface area contributed by atoms with E-state index in [-0.39, 0.29) is 0 Å². The minimum absolute atomic E-state index is 0.394. The monoisotopic (exact) mass is 273 g/mol. The first-order chi connectivity index (χ1) is 9.76. The summed E-state index contributed by atoms with van der Waals surface area (Å²) in [5.74, 6) is 1.90. The normalized spacial score (nSPS) is 29.6. The molecule has 1 heterocycles. The molecular weight excluding hydrogens is 246 g/mol. The summed E-state index contributed by atoms with van der Waals surface area (Å²) in [6.45, 7) is 2.16. The smallest absolute Gasteiger partial charge is 0.123 e. The number of hydrogen-bond donors (Lipinski definition) is 1. The van der Waals surface area contributed by atoms with E-state index in [2.05, 4.69) is 37.5 Å². The van der Waals surface area contributed by atoms with Crippen molar-refractivity contribution in [2.45, 2.75) is 64.0 Å². The Morgan fingerprint density at radius 3 is 2.90 bits per heavy atom. The van der Waals surface area contributed by atoms with Gasteiger partial charge in [-0.25, -0.2) is 0 Å². The van der Waals surface area contributed by atoms with Crippen molar-refractivity contribution in [3.05, 3.63) is 29.3 Å². The molecule has 20 heavy (non-hydrogen) atoms. The van der Waals surface area contributed by atoms with Crippen molar-refractivity contribution in [1.29, 1.82) is 0 Å². The van der Waals surface area contributed by atoms with Gasteiger partial charge in [0.05, 0.1) is 0 Å². The first kappa shape index (κ1) is 13.9. The van der Waals surface area contributed by atoms with Crippen LogP contribution in [0.25, 0.3) is 0 Å². The van der Waals surface area contributed by atoms with Gasteiger partial charge in [-0.05, 0) is 50.8 Å². The van der Waals surface area contributed by atoms with E-state index in [1.54, 1.807) is 0 Å². The predicted molar refractivity (Wildman–Crippen MR) is 83.3 cm³/mol. The van der Waals surface area contributed by atoms with Crippen LogP contribution in [-0.4, -0.2) is 19.2 Å². The molecule has 0 bridgehead atoms. The molecule has 1 aliphatic heterocycles. The molecule has 1 aliphatic carbocycles. The highest BCUT2D eigenvalue weighted by Gasteiger charge is 2.29. The lowest BCUT2D eigenvalue weighted by molar-refractivity contribution is 0.172. The minimum atomic E-state index is 0.394. The summed E-state index contributed by atoms with van der Waals surface area (Å²) in [7, 11) is 2.12. The van der Waals surface area contributed by atoms with Gasteiger partial charge in [0.15, 0.2) is 0 Å². The van der Waals surface area contributed by atoms with Gasteiger partial charge in [-0.2, -0.15) is 0 Å². The average molecular weight is 273 g/mol. The third kappa shape index (κ3) is 3.01. The quantitative estimate of drug-likeness (QED) is 0.844. The van der Waals surface area contributed by atoms with Crippen LogP contribution in [-0.2, 0) is 6.42 Å². The van der Waals surface area contributed by atoms with Crippen molar-refractivity contribution in [1.82, 2.24) is 5.32 Å². The van der Waals surface area contributed by atoms with Gasteiger partial charge in [0, 0.05) is 12.5 Å². The number of rotatable bonds is 3. The summed E-state index contributed by atoms with van der Waals surface area (Å²) < 4.78 is 6.17. The number of hydrogen-bond acceptors (Lipinski definition) is 2. The maximum absolute atomic E-state index is 6.17. The molecule has 1 aromatic carbocycles. The van der Waals surface area contributed by atoms with E-state index in [9.17, 15) is 0 Å². The lowest BCUT2D eigenvalue weighted by Gasteiger charge is -2.27. The number of aryl methyl sites for hydroxylation is 1. The molecule has 1 saturated carbocycles. The van der Waals surface area contributed by atoms with Gasteiger partial charge in [0.2, 0.25) is 0 Å². The van der Waals surface area contributed by atoms with Crippen LogP contribution in [0.5, 0.6) is 5.75 Å². The molecule has 2 nitrogen and oxygen atoms in total. The van der Waals surface area contributed by atoms with Gasteiger partial charge in [-0.3, -0.25) is 0 Å². The van der Waals surface area contributed by atoms with Crippen LogP contribution in [0.3, 0.4) is 0 Å². The largest absolute Gasteiger partial charge is 0.490 e. The van der Waals surface area contributed by atoms with Crippen molar-refractivity contribution >= 4 is 0 Å². The van der Waals surface area contributed by atoms with Crippen LogP contribution < -0.4 is 10.1 Å². The second kappa shape index (κ2) is 6.17. The number of benzene rings is 1. The molecule has 3 rings (SSSR count). The second-order valence-electron chi connectivity index (χ2n) is 6.58. The van der Waals surface area contributed by atoms with Gasteiger partial charge < -0.3 is 10.1 Å². The SMILES string of the molecule is CNC1CCCCCC1CC1Cc2cc(C)ccc2O1. The third-order valence-corrected chi connectivity index (χ3v) is 5.05. The first-order valence-corrected chi connectivity index (χ1v) is 8.19. The van der Waals surface area contributed by atoms with E-state index >= 15 is 0 Å². The lowest BCUT2D eigenvalue weighted by Crippen LogP contribution is -2.35. The number of fused-ring (bicyclic) bond motifs is 1. The van der Waals surface area contributed by atoms with E-state index in [0.717, 1.165) is 18.1 Å². The van der Waals surface area contributed by atoms with Crippen molar-refractivity contribution in [2.75, 3.05) is 7.05 Å². The molecule has 0 aromatic heterocycles. The molecular formula is C18H27NO. The molecule has 1 fully saturated rings. The van der Waals surface area contributed by atoms with Crippen LogP contribution in [0, 0.1) is 12.8 Å². The average Bonchev–Trinajstić information content (AvgIpc) is 2.68. The van der Waals surface area contributed by atoms with Crippen molar-refractivity contribution in [3.8, 4) is 5.75 Å². The van der Waals surface area contributed by atoms with Gasteiger partial charge >= 0.3 is 0 Å². The summed E-state index contributed by atoms with van der Waals surface area (Å²) in [5.41, 5.74) is 2.75. The Balaban J connectivity index is 1.64. The summed E-state index contributed by atoms with van der Waals surface area (Å²) in [6.07, 6.45) is 9.57. The maximum Gasteiger partial charge on any atom is 0.123 e. The highest BCUT2D eigenvalue weighted by molar-refractivity contribution is 5.40. The Kier molecular flexibility index (Phi) is 4.30. The van der Waals surface area contributed by atoms with Crippen LogP contribution in [0.4, 0.5) is 0 Å². The van der Waals surface area contributed by atoms with Crippen LogP contribution in [0.1, 0.15) is 49.7 Å². The molecule has 3 atom stereocenters. The highest BCUT2D eigenvalue weighted by atomic mass is 16.5. The standard InChI is InChI=1S/C18H27NO/c1-13-8-9-18-15(10-13)12-16(20-18)11-14-6-4-3-5-7-17(14)19-2/h8-10,14,16-17,19H,3-7,11-12H2,1-2H3. The fourth-order valence-electron chi connectivity index (χ4n) is 3.96. The molecule has 110 valence electrons. The van der Waals surface area contributed by atoms with E-state index in [0.29, 0.717) is 12.1 Å². The molecule has 0 spiro atoms. The van der Waals surface area contributed by atoms with Gasteiger partial charge in [-0.15, -0.1) is 0 Å². The summed E-state index contributed by atoms with van der Waals surface area (Å²) in [5, 5.41) is 3.54. The van der Waals surface area contributed by atoms with Crippen LogP contribution in [0.2, 0.25) is 0 Å². The summed E-state index contributed by atoms with van der Waals surface area (Å²) >= 11 is 0. The summed E-state index contributed by atoms with van der Waals surface area (Å²) in [6, 6.07) is 7.28. The molecule has 2 aliphatic rings. The second-order valence-corrected chi connectivity index (χ2v) is 6.58. The predicted octanol–water partition coefficient (Wildman–Crippen LogP) is 3.86. The molecule has 1 aromatic rings. The highest BCUT2D eigenvalue weighted by Crippen LogP contribution is 2.35. The fraction of sp³-hybridized carbons (Fsp3) is 0.667. The number of nitrogens with one attached hydrogen (secondary N) is 1.